The maximum absolute atomic E-state index is 11.3. The summed E-state index contributed by atoms with van der Waals surface area (Å²) in [5, 5.41) is 2.75. The van der Waals surface area contributed by atoms with E-state index in [2.05, 4.69) is 26.1 Å². The highest BCUT2D eigenvalue weighted by molar-refractivity contribution is 5.68. The molecule has 0 unspecified atom stereocenters. The molecule has 0 bridgehead atoms. The van der Waals surface area contributed by atoms with E-state index in [9.17, 15) is 4.79 Å². The Morgan fingerprint density at radius 3 is 2.53 bits per heavy atom. The van der Waals surface area contributed by atoms with Crippen LogP contribution in [0.2, 0.25) is 0 Å². The summed E-state index contributed by atoms with van der Waals surface area (Å²) in [5.41, 5.74) is 0.293. The van der Waals surface area contributed by atoms with Gasteiger partial charge in [-0.25, -0.2) is 4.79 Å². The lowest BCUT2D eigenvalue weighted by Crippen LogP contribution is -2.50. The second-order valence-corrected chi connectivity index (χ2v) is 6.37. The molecule has 17 heavy (non-hydrogen) atoms. The zero-order chi connectivity index (χ0) is 12.5. The minimum absolute atomic E-state index is 0.136. The van der Waals surface area contributed by atoms with Crippen LogP contribution >= 0.6 is 0 Å². The molecule has 0 radical (unpaired) electrons. The van der Waals surface area contributed by atoms with Gasteiger partial charge in [-0.05, 0) is 37.0 Å². The number of hydrogen-bond acceptors (Lipinski definition) is 2. The smallest absolute Gasteiger partial charge is 0.407 e. The monoisotopic (exact) mass is 239 g/mol. The molecule has 0 atom stereocenters. The van der Waals surface area contributed by atoms with Gasteiger partial charge in [-0.1, -0.05) is 27.2 Å². The van der Waals surface area contributed by atoms with Crippen LogP contribution in [0.3, 0.4) is 0 Å². The fourth-order valence-electron chi connectivity index (χ4n) is 3.24. The van der Waals surface area contributed by atoms with Crippen LogP contribution in [0.15, 0.2) is 0 Å². The van der Waals surface area contributed by atoms with Crippen LogP contribution in [0, 0.1) is 11.3 Å². The van der Waals surface area contributed by atoms with Crippen LogP contribution in [0.4, 0.5) is 4.79 Å². The van der Waals surface area contributed by atoms with Gasteiger partial charge in [-0.2, -0.15) is 0 Å². The Hall–Kier alpha value is -0.730. The summed E-state index contributed by atoms with van der Waals surface area (Å²) in [6.07, 6.45) is 6.50. The van der Waals surface area contributed by atoms with Crippen molar-refractivity contribution in [2.24, 2.45) is 11.3 Å². The van der Waals surface area contributed by atoms with Crippen molar-refractivity contribution in [2.45, 2.75) is 64.9 Å². The first-order valence-corrected chi connectivity index (χ1v) is 6.94. The molecule has 3 nitrogen and oxygen atoms in total. The van der Waals surface area contributed by atoms with E-state index in [1.165, 1.54) is 19.3 Å². The summed E-state index contributed by atoms with van der Waals surface area (Å²) < 4.78 is 5.56. The standard InChI is InChI=1S/C14H25NO2/c1-4-13(2,3)11-5-7-14(8-6-11)9-10-15-12(16)17-14/h11H,4-10H2,1-3H3,(H,15,16). The zero-order valence-electron chi connectivity index (χ0n) is 11.3. The molecule has 2 aliphatic rings. The molecule has 1 N–H and O–H groups in total. The molecule has 1 saturated carbocycles. The number of ether oxygens (including phenoxy) is 1. The number of hydrogen-bond donors (Lipinski definition) is 1. The van der Waals surface area contributed by atoms with Crippen molar-refractivity contribution in [3.8, 4) is 0 Å². The van der Waals surface area contributed by atoms with Gasteiger partial charge in [0.15, 0.2) is 0 Å². The fourth-order valence-corrected chi connectivity index (χ4v) is 3.24. The lowest BCUT2D eigenvalue weighted by molar-refractivity contribution is -0.0587. The van der Waals surface area contributed by atoms with Gasteiger partial charge in [0.1, 0.15) is 5.60 Å². The Morgan fingerprint density at radius 1 is 1.35 bits per heavy atom. The number of amides is 1. The Labute approximate surface area is 104 Å². The number of nitrogens with one attached hydrogen (secondary N) is 1. The molecule has 0 aromatic rings. The van der Waals surface area contributed by atoms with Gasteiger partial charge >= 0.3 is 6.09 Å². The van der Waals surface area contributed by atoms with Crippen molar-refractivity contribution < 1.29 is 9.53 Å². The van der Waals surface area contributed by atoms with Crippen molar-refractivity contribution in [1.82, 2.24) is 5.32 Å². The predicted molar refractivity (Wildman–Crippen MR) is 67.9 cm³/mol. The average Bonchev–Trinajstić information content (AvgIpc) is 2.29. The Bertz CT molecular complexity index is 291. The van der Waals surface area contributed by atoms with E-state index >= 15 is 0 Å². The van der Waals surface area contributed by atoms with Crippen LogP contribution in [-0.2, 0) is 4.74 Å². The molecule has 1 aliphatic heterocycles. The topological polar surface area (TPSA) is 38.3 Å². The van der Waals surface area contributed by atoms with Gasteiger partial charge in [0.2, 0.25) is 0 Å². The quantitative estimate of drug-likeness (QED) is 0.801. The minimum Gasteiger partial charge on any atom is -0.443 e. The van der Waals surface area contributed by atoms with Crippen molar-refractivity contribution >= 4 is 6.09 Å². The molecular formula is C14H25NO2. The Balaban J connectivity index is 1.95. The molecule has 2 fully saturated rings. The SMILES string of the molecule is CCC(C)(C)C1CCC2(CCNC(=O)O2)CC1. The molecule has 0 aromatic heterocycles. The summed E-state index contributed by atoms with van der Waals surface area (Å²) in [7, 11) is 0. The van der Waals surface area contributed by atoms with Crippen molar-refractivity contribution in [3.63, 3.8) is 0 Å². The third-order valence-corrected chi connectivity index (χ3v) is 5.07. The van der Waals surface area contributed by atoms with Crippen LogP contribution in [-0.4, -0.2) is 18.2 Å². The van der Waals surface area contributed by atoms with E-state index < -0.39 is 0 Å². The van der Waals surface area contributed by atoms with Crippen LogP contribution in [0.25, 0.3) is 0 Å². The maximum Gasteiger partial charge on any atom is 0.407 e. The Kier molecular flexibility index (Phi) is 3.37. The number of carbonyl (C=O) groups is 1. The molecular weight excluding hydrogens is 214 g/mol. The number of rotatable bonds is 2. The van der Waals surface area contributed by atoms with Crippen LogP contribution < -0.4 is 5.32 Å². The predicted octanol–water partition coefficient (Wildman–Crippen LogP) is 3.48. The van der Waals surface area contributed by atoms with E-state index in [1.54, 1.807) is 0 Å². The summed E-state index contributed by atoms with van der Waals surface area (Å²) >= 11 is 0. The third kappa shape index (κ3) is 2.58. The molecule has 1 saturated heterocycles. The van der Waals surface area contributed by atoms with Crippen molar-refractivity contribution in [2.75, 3.05) is 6.54 Å². The van der Waals surface area contributed by atoms with Gasteiger partial charge in [-0.3, -0.25) is 0 Å². The molecule has 1 spiro atoms. The largest absolute Gasteiger partial charge is 0.443 e. The average molecular weight is 239 g/mol. The highest BCUT2D eigenvalue weighted by atomic mass is 16.6. The zero-order valence-corrected chi connectivity index (χ0v) is 11.3. The van der Waals surface area contributed by atoms with Gasteiger partial charge in [-0.15, -0.1) is 0 Å². The number of alkyl carbamates (subject to hydrolysis) is 1. The molecule has 1 heterocycles. The highest BCUT2D eigenvalue weighted by Gasteiger charge is 2.43. The molecule has 2 rings (SSSR count). The van der Waals surface area contributed by atoms with Crippen LogP contribution in [0.5, 0.6) is 0 Å². The second-order valence-electron chi connectivity index (χ2n) is 6.37. The van der Waals surface area contributed by atoms with E-state index in [1.807, 2.05) is 0 Å². The van der Waals surface area contributed by atoms with Crippen LogP contribution in [0.1, 0.15) is 59.3 Å². The molecule has 3 heteroatoms. The second kappa shape index (κ2) is 4.51. The first kappa shape index (κ1) is 12.7. The summed E-state index contributed by atoms with van der Waals surface area (Å²) in [6.45, 7) is 7.78. The first-order valence-electron chi connectivity index (χ1n) is 6.94. The van der Waals surface area contributed by atoms with E-state index in [-0.39, 0.29) is 11.7 Å². The highest BCUT2D eigenvalue weighted by Crippen LogP contribution is 2.46. The van der Waals surface area contributed by atoms with Crippen molar-refractivity contribution in [1.29, 1.82) is 0 Å². The van der Waals surface area contributed by atoms with E-state index in [0.717, 1.165) is 31.7 Å². The van der Waals surface area contributed by atoms with Gasteiger partial charge < -0.3 is 10.1 Å². The van der Waals surface area contributed by atoms with Gasteiger partial charge in [0.25, 0.3) is 0 Å². The van der Waals surface area contributed by atoms with Gasteiger partial charge in [0.05, 0.1) is 0 Å². The molecule has 0 aromatic carbocycles. The summed E-state index contributed by atoms with van der Waals surface area (Å²) in [4.78, 5) is 11.3. The first-order chi connectivity index (χ1) is 7.97. The fraction of sp³-hybridized carbons (Fsp3) is 0.929. The Morgan fingerprint density at radius 2 is 2.00 bits per heavy atom. The van der Waals surface area contributed by atoms with E-state index in [4.69, 9.17) is 4.74 Å². The lowest BCUT2D eigenvalue weighted by atomic mass is 9.65. The van der Waals surface area contributed by atoms with Gasteiger partial charge in [0, 0.05) is 13.0 Å². The van der Waals surface area contributed by atoms with Crippen molar-refractivity contribution in [3.05, 3.63) is 0 Å². The summed E-state index contributed by atoms with van der Waals surface area (Å²) in [5.74, 6) is 0.784. The third-order valence-electron chi connectivity index (χ3n) is 5.07. The lowest BCUT2D eigenvalue weighted by Gasteiger charge is -2.45. The number of carbonyl (C=O) groups excluding carboxylic acids is 1. The molecule has 1 amide bonds. The normalized spacial score (nSPS) is 34.3. The maximum atomic E-state index is 11.3. The minimum atomic E-state index is -0.218. The summed E-state index contributed by atoms with van der Waals surface area (Å²) in [6, 6.07) is 0. The van der Waals surface area contributed by atoms with E-state index in [0.29, 0.717) is 5.41 Å². The molecule has 1 aliphatic carbocycles. The molecule has 98 valence electrons.